The van der Waals surface area contributed by atoms with Gasteiger partial charge in [-0.3, -0.25) is 14.2 Å². The highest BCUT2D eigenvalue weighted by atomic mass is 32.1. The molecule has 1 amide bonds. The molecule has 0 saturated carbocycles. The molecule has 0 aliphatic heterocycles. The van der Waals surface area contributed by atoms with Crippen LogP contribution in [0.2, 0.25) is 0 Å². The maximum Gasteiger partial charge on any atom is 0.340 e. The third-order valence-corrected chi connectivity index (χ3v) is 6.47. The smallest absolute Gasteiger partial charge is 0.340 e. The average molecular weight is 485 g/mol. The SMILES string of the molecule is CCOC(=O)c1ccccc1NC(=O)Cn1cnc2c(sc3nc(-c4ccccc4)ccc32)c1=O. The van der Waals surface area contributed by atoms with Gasteiger partial charge in [-0.15, -0.1) is 11.3 Å². The van der Waals surface area contributed by atoms with E-state index in [0.29, 0.717) is 20.7 Å². The summed E-state index contributed by atoms with van der Waals surface area (Å²) in [4.78, 5) is 47.9. The molecule has 0 bridgehead atoms. The monoisotopic (exact) mass is 484 g/mol. The maximum atomic E-state index is 13.2. The van der Waals surface area contributed by atoms with E-state index in [1.807, 2.05) is 42.5 Å². The number of nitrogens with one attached hydrogen (secondary N) is 1. The molecule has 35 heavy (non-hydrogen) atoms. The molecule has 0 spiro atoms. The van der Waals surface area contributed by atoms with Crippen molar-refractivity contribution in [2.24, 2.45) is 0 Å². The second-order valence-electron chi connectivity index (χ2n) is 7.69. The predicted molar refractivity (Wildman–Crippen MR) is 136 cm³/mol. The van der Waals surface area contributed by atoms with Gasteiger partial charge in [-0.2, -0.15) is 0 Å². The van der Waals surface area contributed by atoms with Crippen LogP contribution in [0.4, 0.5) is 5.69 Å². The highest BCUT2D eigenvalue weighted by molar-refractivity contribution is 7.25. The van der Waals surface area contributed by atoms with Crippen LogP contribution >= 0.6 is 11.3 Å². The number of ether oxygens (including phenoxy) is 1. The van der Waals surface area contributed by atoms with Crippen LogP contribution < -0.4 is 10.9 Å². The number of anilines is 1. The molecule has 0 aliphatic carbocycles. The summed E-state index contributed by atoms with van der Waals surface area (Å²) in [5, 5.41) is 3.48. The lowest BCUT2D eigenvalue weighted by molar-refractivity contribution is -0.116. The summed E-state index contributed by atoms with van der Waals surface area (Å²) in [6.45, 7) is 1.68. The zero-order valence-electron chi connectivity index (χ0n) is 18.7. The number of carbonyl (C=O) groups excluding carboxylic acids is 2. The molecular formula is C26H20N4O4S. The zero-order chi connectivity index (χ0) is 24.4. The van der Waals surface area contributed by atoms with Crippen LogP contribution in [0.5, 0.6) is 0 Å². The van der Waals surface area contributed by atoms with Gasteiger partial charge >= 0.3 is 5.97 Å². The van der Waals surface area contributed by atoms with Gasteiger partial charge in [0.25, 0.3) is 5.56 Å². The number of thiophene rings is 1. The van der Waals surface area contributed by atoms with Crippen molar-refractivity contribution >= 4 is 49.3 Å². The average Bonchev–Trinajstić information content (AvgIpc) is 3.25. The van der Waals surface area contributed by atoms with Crippen molar-refractivity contribution in [1.82, 2.24) is 14.5 Å². The number of nitrogens with zero attached hydrogens (tertiary/aromatic N) is 3. The van der Waals surface area contributed by atoms with Crippen molar-refractivity contribution < 1.29 is 14.3 Å². The number of amides is 1. The van der Waals surface area contributed by atoms with Crippen LogP contribution in [0, 0.1) is 0 Å². The molecule has 2 aromatic carbocycles. The van der Waals surface area contributed by atoms with Crippen molar-refractivity contribution in [1.29, 1.82) is 0 Å². The Balaban J connectivity index is 1.43. The second-order valence-corrected chi connectivity index (χ2v) is 8.69. The lowest BCUT2D eigenvalue weighted by Gasteiger charge is -2.11. The van der Waals surface area contributed by atoms with Crippen molar-refractivity contribution in [3.63, 3.8) is 0 Å². The highest BCUT2D eigenvalue weighted by Crippen LogP contribution is 2.31. The largest absolute Gasteiger partial charge is 0.462 e. The molecule has 0 saturated heterocycles. The van der Waals surface area contributed by atoms with Crippen molar-refractivity contribution in [2.75, 3.05) is 11.9 Å². The Morgan fingerprint density at radius 2 is 1.80 bits per heavy atom. The number of hydrogen-bond donors (Lipinski definition) is 1. The van der Waals surface area contributed by atoms with Crippen LogP contribution in [0.3, 0.4) is 0 Å². The number of carbonyl (C=O) groups is 2. The first-order valence-electron chi connectivity index (χ1n) is 10.9. The first-order chi connectivity index (χ1) is 17.0. The number of hydrogen-bond acceptors (Lipinski definition) is 7. The zero-order valence-corrected chi connectivity index (χ0v) is 19.5. The Hall–Kier alpha value is -4.37. The summed E-state index contributed by atoms with van der Waals surface area (Å²) in [6.07, 6.45) is 1.36. The molecule has 0 radical (unpaired) electrons. The standard InChI is InChI=1S/C26H20N4O4S/c1-2-34-26(33)17-10-6-7-11-20(17)28-21(31)14-30-15-27-22-18-12-13-19(16-8-4-3-5-9-16)29-24(18)35-23(22)25(30)32/h3-13,15H,2,14H2,1H3,(H,28,31). The quantitative estimate of drug-likeness (QED) is 0.356. The normalized spacial score (nSPS) is 11.0. The van der Waals surface area contributed by atoms with E-state index in [4.69, 9.17) is 9.72 Å². The molecule has 3 heterocycles. The van der Waals surface area contributed by atoms with Gasteiger partial charge in [-0.25, -0.2) is 14.8 Å². The molecule has 1 N–H and O–H groups in total. The number of aromatic nitrogens is 3. The molecule has 3 aromatic heterocycles. The highest BCUT2D eigenvalue weighted by Gasteiger charge is 2.17. The van der Waals surface area contributed by atoms with E-state index in [1.165, 1.54) is 22.2 Å². The summed E-state index contributed by atoms with van der Waals surface area (Å²) in [5.74, 6) is -0.994. The molecule has 0 fully saturated rings. The molecule has 0 aliphatic rings. The molecule has 5 aromatic rings. The Bertz CT molecular complexity index is 1630. The van der Waals surface area contributed by atoms with E-state index >= 15 is 0 Å². The third-order valence-electron chi connectivity index (χ3n) is 5.39. The minimum absolute atomic E-state index is 0.221. The van der Waals surface area contributed by atoms with Crippen LogP contribution in [0.15, 0.2) is 77.9 Å². The van der Waals surface area contributed by atoms with E-state index in [-0.39, 0.29) is 24.3 Å². The van der Waals surface area contributed by atoms with Crippen LogP contribution in [-0.2, 0) is 16.1 Å². The second kappa shape index (κ2) is 9.47. The van der Waals surface area contributed by atoms with Crippen molar-refractivity contribution in [2.45, 2.75) is 13.5 Å². The van der Waals surface area contributed by atoms with Gasteiger partial charge < -0.3 is 10.1 Å². The van der Waals surface area contributed by atoms with E-state index < -0.39 is 11.9 Å². The molecule has 9 heteroatoms. The van der Waals surface area contributed by atoms with E-state index in [0.717, 1.165) is 16.6 Å². The Morgan fingerprint density at radius 1 is 1.03 bits per heavy atom. The van der Waals surface area contributed by atoms with Gasteiger partial charge in [0.1, 0.15) is 16.1 Å². The fourth-order valence-electron chi connectivity index (χ4n) is 3.75. The van der Waals surface area contributed by atoms with Gasteiger partial charge in [0, 0.05) is 10.9 Å². The summed E-state index contributed by atoms with van der Waals surface area (Å²) in [6, 6.07) is 20.2. The Labute approximate surface area is 203 Å². The van der Waals surface area contributed by atoms with Crippen LogP contribution in [-0.4, -0.2) is 33.0 Å². The van der Waals surface area contributed by atoms with E-state index in [1.54, 1.807) is 31.2 Å². The van der Waals surface area contributed by atoms with Gasteiger partial charge in [0.2, 0.25) is 5.91 Å². The van der Waals surface area contributed by atoms with Crippen molar-refractivity contribution in [3.8, 4) is 11.3 Å². The third kappa shape index (κ3) is 4.41. The van der Waals surface area contributed by atoms with Crippen LogP contribution in [0.1, 0.15) is 17.3 Å². The van der Waals surface area contributed by atoms with E-state index in [2.05, 4.69) is 10.3 Å². The molecule has 5 rings (SSSR count). The molecule has 8 nitrogen and oxygen atoms in total. The lowest BCUT2D eigenvalue weighted by Crippen LogP contribution is -2.28. The number of para-hydroxylation sites is 1. The van der Waals surface area contributed by atoms with Gasteiger partial charge in [-0.05, 0) is 31.2 Å². The summed E-state index contributed by atoms with van der Waals surface area (Å²) in [7, 11) is 0. The minimum Gasteiger partial charge on any atom is -0.462 e. The summed E-state index contributed by atoms with van der Waals surface area (Å²) in [5.41, 5.74) is 2.59. The first kappa shape index (κ1) is 22.4. The van der Waals surface area contributed by atoms with Gasteiger partial charge in [0.05, 0.1) is 35.4 Å². The summed E-state index contributed by atoms with van der Waals surface area (Å²) < 4.78 is 6.72. The minimum atomic E-state index is -0.531. The molecular weight excluding hydrogens is 464 g/mol. The topological polar surface area (TPSA) is 103 Å². The lowest BCUT2D eigenvalue weighted by atomic mass is 10.1. The Kier molecular flexibility index (Phi) is 6.07. The Morgan fingerprint density at radius 3 is 2.60 bits per heavy atom. The molecule has 0 atom stereocenters. The molecule has 174 valence electrons. The number of fused-ring (bicyclic) bond motifs is 3. The van der Waals surface area contributed by atoms with Crippen LogP contribution in [0.25, 0.3) is 31.7 Å². The number of pyridine rings is 1. The molecule has 0 unspecified atom stereocenters. The number of esters is 1. The fourth-order valence-corrected chi connectivity index (χ4v) is 4.83. The van der Waals surface area contributed by atoms with Gasteiger partial charge in [0.15, 0.2) is 0 Å². The first-order valence-corrected chi connectivity index (χ1v) is 11.8. The van der Waals surface area contributed by atoms with Gasteiger partial charge in [-0.1, -0.05) is 42.5 Å². The predicted octanol–water partition coefficient (Wildman–Crippen LogP) is 4.49. The van der Waals surface area contributed by atoms with E-state index in [9.17, 15) is 14.4 Å². The number of benzene rings is 2. The fraction of sp³-hybridized carbons (Fsp3) is 0.115. The summed E-state index contributed by atoms with van der Waals surface area (Å²) >= 11 is 1.25. The van der Waals surface area contributed by atoms with Crippen molar-refractivity contribution in [3.05, 3.63) is 89.0 Å². The maximum absolute atomic E-state index is 13.2. The number of rotatable bonds is 6.